The average Bonchev–Trinajstić information content (AvgIpc) is 2.67. The van der Waals surface area contributed by atoms with Crippen molar-refractivity contribution in [2.75, 3.05) is 0 Å². The summed E-state index contributed by atoms with van der Waals surface area (Å²) in [7, 11) is 0. The van der Waals surface area contributed by atoms with Crippen molar-refractivity contribution in [1.29, 1.82) is 0 Å². The van der Waals surface area contributed by atoms with E-state index < -0.39 is 0 Å². The van der Waals surface area contributed by atoms with Crippen LogP contribution in [0, 0.1) is 6.92 Å². The van der Waals surface area contributed by atoms with Gasteiger partial charge in [-0.15, -0.1) is 0 Å². The van der Waals surface area contributed by atoms with Gasteiger partial charge in [-0.05, 0) is 35.2 Å². The summed E-state index contributed by atoms with van der Waals surface area (Å²) in [6, 6.07) is 30.4. The summed E-state index contributed by atoms with van der Waals surface area (Å²) >= 11 is 0. The second-order valence-electron chi connectivity index (χ2n) is 6.68. The van der Waals surface area contributed by atoms with Crippen LogP contribution in [-0.4, -0.2) is 5.78 Å². The minimum absolute atomic E-state index is 0.0880. The molecule has 0 atom stereocenters. The zero-order chi connectivity index (χ0) is 17.9. The van der Waals surface area contributed by atoms with Crippen LogP contribution >= 0.6 is 0 Å². The summed E-state index contributed by atoms with van der Waals surface area (Å²) in [5.41, 5.74) is 5.07. The molecule has 0 saturated carbocycles. The van der Waals surface area contributed by atoms with Crippen molar-refractivity contribution in [2.45, 2.75) is 13.3 Å². The first-order valence-corrected chi connectivity index (χ1v) is 8.88. The lowest BCUT2D eigenvalue weighted by molar-refractivity contribution is 0.103. The molecule has 0 heterocycles. The summed E-state index contributed by atoms with van der Waals surface area (Å²) in [6.07, 6.45) is 0.758. The number of hydrogen-bond acceptors (Lipinski definition) is 1. The van der Waals surface area contributed by atoms with E-state index in [1.54, 1.807) is 0 Å². The second-order valence-corrected chi connectivity index (χ2v) is 6.68. The third-order valence-corrected chi connectivity index (χ3v) is 4.77. The molecule has 0 bridgehead atoms. The largest absolute Gasteiger partial charge is 0.289 e. The molecule has 0 aromatic heterocycles. The van der Waals surface area contributed by atoms with Gasteiger partial charge in [0, 0.05) is 11.1 Å². The van der Waals surface area contributed by atoms with Crippen molar-refractivity contribution in [3.8, 4) is 0 Å². The van der Waals surface area contributed by atoms with Gasteiger partial charge in [-0.1, -0.05) is 96.6 Å². The van der Waals surface area contributed by atoms with Crippen LogP contribution in [0.5, 0.6) is 0 Å². The normalized spacial score (nSPS) is 10.8. The van der Waals surface area contributed by atoms with Gasteiger partial charge in [-0.3, -0.25) is 4.79 Å². The Hall–Kier alpha value is -3.19. The molecule has 0 saturated heterocycles. The van der Waals surface area contributed by atoms with E-state index in [0.29, 0.717) is 0 Å². The molecule has 4 aromatic rings. The third-order valence-electron chi connectivity index (χ3n) is 4.77. The number of fused-ring (bicyclic) bond motifs is 1. The average molecular weight is 336 g/mol. The highest BCUT2D eigenvalue weighted by Crippen LogP contribution is 2.24. The molecule has 1 heteroatoms. The van der Waals surface area contributed by atoms with Gasteiger partial charge in [0.2, 0.25) is 0 Å². The molecule has 26 heavy (non-hydrogen) atoms. The van der Waals surface area contributed by atoms with Crippen LogP contribution in [0.2, 0.25) is 0 Å². The molecule has 0 aliphatic heterocycles. The van der Waals surface area contributed by atoms with Crippen LogP contribution in [-0.2, 0) is 6.42 Å². The van der Waals surface area contributed by atoms with Gasteiger partial charge in [0.1, 0.15) is 0 Å². The van der Waals surface area contributed by atoms with E-state index in [9.17, 15) is 4.79 Å². The number of hydrogen-bond donors (Lipinski definition) is 0. The highest BCUT2D eigenvalue weighted by Gasteiger charge is 2.15. The van der Waals surface area contributed by atoms with Gasteiger partial charge in [-0.25, -0.2) is 0 Å². The molecular weight excluding hydrogens is 316 g/mol. The molecular formula is C25H20O. The minimum Gasteiger partial charge on any atom is -0.289 e. The Labute approximate surface area is 153 Å². The van der Waals surface area contributed by atoms with E-state index in [-0.39, 0.29) is 5.78 Å². The molecule has 0 spiro atoms. The number of carbonyl (C=O) groups excluding carboxylic acids is 1. The molecule has 0 unspecified atom stereocenters. The number of benzene rings is 4. The van der Waals surface area contributed by atoms with Crippen LogP contribution in [0.25, 0.3) is 10.8 Å². The van der Waals surface area contributed by atoms with E-state index in [4.69, 9.17) is 0 Å². The molecule has 0 fully saturated rings. The maximum absolute atomic E-state index is 13.3. The predicted molar refractivity (Wildman–Crippen MR) is 108 cm³/mol. The SMILES string of the molecule is Cc1cccc(Cc2ccccc2C(=O)c2cccc3ccccc23)c1. The summed E-state index contributed by atoms with van der Waals surface area (Å²) in [5.74, 6) is 0.0880. The molecule has 4 aromatic carbocycles. The molecule has 126 valence electrons. The first-order valence-electron chi connectivity index (χ1n) is 8.88. The third kappa shape index (κ3) is 3.16. The highest BCUT2D eigenvalue weighted by atomic mass is 16.1. The van der Waals surface area contributed by atoms with E-state index in [0.717, 1.165) is 33.9 Å². The molecule has 0 N–H and O–H groups in total. The smallest absolute Gasteiger partial charge is 0.193 e. The predicted octanol–water partition coefficient (Wildman–Crippen LogP) is 5.97. The lowest BCUT2D eigenvalue weighted by Gasteiger charge is -2.11. The highest BCUT2D eigenvalue weighted by molar-refractivity contribution is 6.17. The minimum atomic E-state index is 0.0880. The van der Waals surface area contributed by atoms with E-state index in [2.05, 4.69) is 37.3 Å². The Kier molecular flexibility index (Phi) is 4.37. The lowest BCUT2D eigenvalue weighted by Crippen LogP contribution is -2.06. The molecule has 0 aliphatic carbocycles. The Morgan fingerprint density at radius 3 is 2.31 bits per heavy atom. The fourth-order valence-electron chi connectivity index (χ4n) is 3.51. The molecule has 0 radical (unpaired) electrons. The molecule has 0 aliphatic rings. The van der Waals surface area contributed by atoms with Gasteiger partial charge in [-0.2, -0.15) is 0 Å². The quantitative estimate of drug-likeness (QED) is 0.420. The van der Waals surface area contributed by atoms with Gasteiger partial charge in [0.05, 0.1) is 0 Å². The molecule has 0 amide bonds. The Morgan fingerprint density at radius 1 is 0.731 bits per heavy atom. The van der Waals surface area contributed by atoms with Crippen LogP contribution in [0.3, 0.4) is 0 Å². The lowest BCUT2D eigenvalue weighted by atomic mass is 9.92. The Balaban J connectivity index is 1.77. The van der Waals surface area contributed by atoms with Crippen LogP contribution in [0.4, 0.5) is 0 Å². The van der Waals surface area contributed by atoms with Gasteiger partial charge in [0.15, 0.2) is 5.78 Å². The van der Waals surface area contributed by atoms with Gasteiger partial charge in [0.25, 0.3) is 0 Å². The Bertz CT molecular complexity index is 1090. The van der Waals surface area contributed by atoms with Crippen LogP contribution in [0.1, 0.15) is 32.6 Å². The van der Waals surface area contributed by atoms with Crippen LogP contribution < -0.4 is 0 Å². The standard InChI is InChI=1S/C25H20O/c1-18-8-6-9-19(16-18)17-21-11-3-5-14-23(21)25(26)24-15-7-12-20-10-2-4-13-22(20)24/h2-16H,17H2,1H3. The van der Waals surface area contributed by atoms with Crippen molar-refractivity contribution in [3.05, 3.63) is 119 Å². The summed E-state index contributed by atoms with van der Waals surface area (Å²) in [6.45, 7) is 2.09. The van der Waals surface area contributed by atoms with Crippen molar-refractivity contribution >= 4 is 16.6 Å². The topological polar surface area (TPSA) is 17.1 Å². The summed E-state index contributed by atoms with van der Waals surface area (Å²) < 4.78 is 0. The van der Waals surface area contributed by atoms with E-state index >= 15 is 0 Å². The first kappa shape index (κ1) is 16.3. The molecule has 4 rings (SSSR count). The van der Waals surface area contributed by atoms with Crippen molar-refractivity contribution in [3.63, 3.8) is 0 Å². The van der Waals surface area contributed by atoms with Crippen molar-refractivity contribution < 1.29 is 4.79 Å². The van der Waals surface area contributed by atoms with E-state index in [1.165, 1.54) is 11.1 Å². The first-order chi connectivity index (χ1) is 12.7. The van der Waals surface area contributed by atoms with E-state index in [1.807, 2.05) is 60.7 Å². The van der Waals surface area contributed by atoms with Gasteiger partial charge >= 0.3 is 0 Å². The fourth-order valence-corrected chi connectivity index (χ4v) is 3.51. The summed E-state index contributed by atoms with van der Waals surface area (Å²) in [4.78, 5) is 13.3. The Morgan fingerprint density at radius 2 is 1.42 bits per heavy atom. The second kappa shape index (κ2) is 6.97. The number of rotatable bonds is 4. The van der Waals surface area contributed by atoms with Crippen molar-refractivity contribution in [1.82, 2.24) is 0 Å². The maximum Gasteiger partial charge on any atom is 0.193 e. The molecule has 1 nitrogen and oxygen atoms in total. The van der Waals surface area contributed by atoms with Crippen molar-refractivity contribution in [2.24, 2.45) is 0 Å². The monoisotopic (exact) mass is 336 g/mol. The number of ketones is 1. The van der Waals surface area contributed by atoms with Crippen LogP contribution in [0.15, 0.2) is 91.0 Å². The maximum atomic E-state index is 13.3. The summed E-state index contributed by atoms with van der Waals surface area (Å²) in [5, 5.41) is 2.10. The van der Waals surface area contributed by atoms with Gasteiger partial charge < -0.3 is 0 Å². The fraction of sp³-hybridized carbons (Fsp3) is 0.0800. The number of aryl methyl sites for hydroxylation is 1. The number of carbonyl (C=O) groups is 1. The zero-order valence-corrected chi connectivity index (χ0v) is 14.8. The zero-order valence-electron chi connectivity index (χ0n) is 14.8.